The van der Waals surface area contributed by atoms with Crippen molar-refractivity contribution in [2.45, 2.75) is 0 Å². The summed E-state index contributed by atoms with van der Waals surface area (Å²) >= 11 is 0. The van der Waals surface area contributed by atoms with Crippen molar-refractivity contribution in [1.29, 1.82) is 0 Å². The second kappa shape index (κ2) is 3.80. The summed E-state index contributed by atoms with van der Waals surface area (Å²) in [5, 5.41) is 8.12. The van der Waals surface area contributed by atoms with Crippen LogP contribution in [0.2, 0.25) is 0 Å². The van der Waals surface area contributed by atoms with E-state index in [2.05, 4.69) is 0 Å². The topological polar surface area (TPSA) is 77.8 Å². The van der Waals surface area contributed by atoms with Crippen LogP contribution in [-0.2, 0) is 4.57 Å². The molecule has 0 aliphatic rings. The molecule has 0 heterocycles. The highest BCUT2D eigenvalue weighted by molar-refractivity contribution is 7.51. The first-order valence-electron chi connectivity index (χ1n) is 2.36. The summed E-state index contributed by atoms with van der Waals surface area (Å²) in [6.45, 7) is -0.181. The number of hydrogen-bond acceptors (Lipinski definition) is 2. The maximum absolute atomic E-state index is 10.1. The van der Waals surface area contributed by atoms with Crippen molar-refractivity contribution in [3.63, 3.8) is 0 Å². The highest BCUT2D eigenvalue weighted by Crippen LogP contribution is 2.33. The van der Waals surface area contributed by atoms with Crippen LogP contribution >= 0.6 is 7.60 Å². The molecule has 0 aromatic carbocycles. The minimum absolute atomic E-state index is 0.181. The van der Waals surface area contributed by atoms with Crippen molar-refractivity contribution < 1.29 is 19.5 Å². The minimum atomic E-state index is -3.89. The maximum Gasteiger partial charge on any atom is 0.329 e. The highest BCUT2D eigenvalue weighted by Gasteiger charge is 2.07. The molecule has 4 nitrogen and oxygen atoms in total. The number of hydrogen-bond donors (Lipinski definition) is 3. The van der Waals surface area contributed by atoms with Crippen molar-refractivity contribution in [2.75, 3.05) is 12.8 Å². The van der Waals surface area contributed by atoms with Crippen molar-refractivity contribution >= 4 is 7.60 Å². The lowest BCUT2D eigenvalue weighted by molar-refractivity contribution is 0.342. The maximum atomic E-state index is 10.1. The summed E-state index contributed by atoms with van der Waals surface area (Å²) in [7, 11) is -3.89. The van der Waals surface area contributed by atoms with Crippen molar-refractivity contribution in [2.24, 2.45) is 0 Å². The zero-order valence-corrected chi connectivity index (χ0v) is 5.66. The van der Waals surface area contributed by atoms with Gasteiger partial charge in [0.25, 0.3) is 0 Å². The third kappa shape index (κ3) is 7.85. The fourth-order valence-corrected chi connectivity index (χ4v) is 0.710. The predicted molar refractivity (Wildman–Crippen MR) is 33.1 cm³/mol. The number of aliphatic hydroxyl groups is 1. The first-order chi connectivity index (χ1) is 4.06. The Labute approximate surface area is 53.0 Å². The fraction of sp³-hybridized carbons (Fsp3) is 0.500. The molecule has 0 amide bonds. The molecule has 0 radical (unpaired) electrons. The van der Waals surface area contributed by atoms with Gasteiger partial charge in [-0.25, -0.2) is 0 Å². The average Bonchev–Trinajstić information content (AvgIpc) is 1.63. The minimum Gasteiger partial charge on any atom is -0.392 e. The zero-order valence-electron chi connectivity index (χ0n) is 4.77. The van der Waals surface area contributed by atoms with Gasteiger partial charge in [0.05, 0.1) is 12.8 Å². The molecule has 0 fully saturated rings. The van der Waals surface area contributed by atoms with Gasteiger partial charge in [-0.05, 0) is 0 Å². The van der Waals surface area contributed by atoms with Crippen LogP contribution in [0.25, 0.3) is 0 Å². The highest BCUT2D eigenvalue weighted by atomic mass is 31.2. The summed E-state index contributed by atoms with van der Waals surface area (Å²) in [6, 6.07) is 0. The van der Waals surface area contributed by atoms with Crippen molar-refractivity contribution in [3.8, 4) is 0 Å². The molecular formula is C4H9O4P. The molecule has 0 aliphatic heterocycles. The molecule has 3 N–H and O–H groups in total. The van der Waals surface area contributed by atoms with Crippen molar-refractivity contribution in [1.82, 2.24) is 0 Å². The lowest BCUT2D eigenvalue weighted by atomic mass is 10.6. The second-order valence-corrected chi connectivity index (χ2v) is 3.20. The summed E-state index contributed by atoms with van der Waals surface area (Å²) in [4.78, 5) is 16.4. The first kappa shape index (κ1) is 8.85. The van der Waals surface area contributed by atoms with Gasteiger partial charge in [0, 0.05) is 0 Å². The molecule has 5 heteroatoms. The lowest BCUT2D eigenvalue weighted by Gasteiger charge is -1.95. The van der Waals surface area contributed by atoms with Crippen molar-refractivity contribution in [3.05, 3.63) is 12.2 Å². The largest absolute Gasteiger partial charge is 0.392 e. The Hall–Kier alpha value is -0.150. The summed E-state index contributed by atoms with van der Waals surface area (Å²) in [6.07, 6.45) is 2.24. The monoisotopic (exact) mass is 152 g/mol. The normalized spacial score (nSPS) is 12.8. The van der Waals surface area contributed by atoms with E-state index in [1.165, 1.54) is 12.2 Å². The number of allylic oxidation sites excluding steroid dienone is 1. The van der Waals surface area contributed by atoms with Gasteiger partial charge in [0.2, 0.25) is 0 Å². The van der Waals surface area contributed by atoms with E-state index in [0.717, 1.165) is 0 Å². The number of rotatable bonds is 3. The van der Waals surface area contributed by atoms with E-state index in [4.69, 9.17) is 14.9 Å². The summed E-state index contributed by atoms with van der Waals surface area (Å²) in [5.41, 5.74) is 0. The van der Waals surface area contributed by atoms with Crippen LogP contribution < -0.4 is 0 Å². The molecule has 0 rings (SSSR count). The average molecular weight is 152 g/mol. The molecule has 0 saturated carbocycles. The van der Waals surface area contributed by atoms with E-state index in [1.54, 1.807) is 0 Å². The molecule has 0 unspecified atom stereocenters. The van der Waals surface area contributed by atoms with E-state index in [9.17, 15) is 4.57 Å². The molecule has 0 spiro atoms. The summed E-state index contributed by atoms with van der Waals surface area (Å²) < 4.78 is 10.1. The predicted octanol–water partition coefficient (Wildman–Crippen LogP) is -0.287. The van der Waals surface area contributed by atoms with Gasteiger partial charge in [-0.15, -0.1) is 0 Å². The Morgan fingerprint density at radius 1 is 1.33 bits per heavy atom. The van der Waals surface area contributed by atoms with Crippen LogP contribution in [0.4, 0.5) is 0 Å². The SMILES string of the molecule is O=P(O)(O)C/C=C\CO. The van der Waals surface area contributed by atoms with Gasteiger partial charge in [-0.3, -0.25) is 4.57 Å². The van der Waals surface area contributed by atoms with E-state index in [0.29, 0.717) is 0 Å². The van der Waals surface area contributed by atoms with Gasteiger partial charge < -0.3 is 14.9 Å². The fourth-order valence-electron chi connectivity index (χ4n) is 0.286. The quantitative estimate of drug-likeness (QED) is 0.383. The third-order valence-corrected chi connectivity index (χ3v) is 1.30. The van der Waals surface area contributed by atoms with Crippen LogP contribution in [0, 0.1) is 0 Å². The van der Waals surface area contributed by atoms with Crippen LogP contribution in [0.1, 0.15) is 0 Å². The summed E-state index contributed by atoms with van der Waals surface area (Å²) in [5.74, 6) is 0. The van der Waals surface area contributed by atoms with E-state index >= 15 is 0 Å². The Morgan fingerprint density at radius 2 is 1.89 bits per heavy atom. The molecule has 0 bridgehead atoms. The van der Waals surface area contributed by atoms with Gasteiger partial charge in [0.1, 0.15) is 0 Å². The lowest BCUT2D eigenvalue weighted by Crippen LogP contribution is -1.82. The molecule has 54 valence electrons. The van der Waals surface area contributed by atoms with Crippen LogP contribution in [-0.4, -0.2) is 27.7 Å². The molecule has 0 atom stereocenters. The van der Waals surface area contributed by atoms with E-state index in [-0.39, 0.29) is 12.8 Å². The first-order valence-corrected chi connectivity index (χ1v) is 4.16. The second-order valence-electron chi connectivity index (χ2n) is 1.50. The molecule has 9 heavy (non-hydrogen) atoms. The molecular weight excluding hydrogens is 143 g/mol. The van der Waals surface area contributed by atoms with Crippen LogP contribution in [0.3, 0.4) is 0 Å². The van der Waals surface area contributed by atoms with E-state index < -0.39 is 7.60 Å². The van der Waals surface area contributed by atoms with Gasteiger partial charge in [0.15, 0.2) is 0 Å². The Kier molecular flexibility index (Phi) is 3.73. The van der Waals surface area contributed by atoms with Gasteiger partial charge in [-0.2, -0.15) is 0 Å². The van der Waals surface area contributed by atoms with Crippen LogP contribution in [0.5, 0.6) is 0 Å². The molecule has 0 aromatic rings. The molecule has 0 aliphatic carbocycles. The molecule has 0 aromatic heterocycles. The van der Waals surface area contributed by atoms with Gasteiger partial charge >= 0.3 is 7.60 Å². The molecule has 0 saturated heterocycles. The van der Waals surface area contributed by atoms with Gasteiger partial charge in [-0.1, -0.05) is 12.2 Å². The smallest absolute Gasteiger partial charge is 0.329 e. The third-order valence-electron chi connectivity index (χ3n) is 0.615. The zero-order chi connectivity index (χ0) is 7.33. The van der Waals surface area contributed by atoms with E-state index in [1.807, 2.05) is 0 Å². The Balaban J connectivity index is 3.51. The Morgan fingerprint density at radius 3 is 2.22 bits per heavy atom. The number of aliphatic hydroxyl groups excluding tert-OH is 1. The van der Waals surface area contributed by atoms with Crippen LogP contribution in [0.15, 0.2) is 12.2 Å². The standard InChI is InChI=1S/C4H9O4P/c5-3-1-2-4-9(6,7)8/h1-2,5H,3-4H2,(H2,6,7,8)/b2-1-. The Bertz CT molecular complexity index is 136.